The first-order valence-corrected chi connectivity index (χ1v) is 10.9. The van der Waals surface area contributed by atoms with E-state index in [4.69, 9.17) is 4.74 Å². The van der Waals surface area contributed by atoms with Crippen LogP contribution in [0.1, 0.15) is 43.7 Å². The minimum absolute atomic E-state index is 0.0335. The topological polar surface area (TPSA) is 124 Å². The van der Waals surface area contributed by atoms with Gasteiger partial charge in [-0.2, -0.15) is 5.26 Å². The molecule has 170 valence electrons. The minimum atomic E-state index is -0.891. The van der Waals surface area contributed by atoms with Crippen LogP contribution in [0.4, 0.5) is 10.5 Å². The van der Waals surface area contributed by atoms with Crippen LogP contribution < -0.4 is 15.4 Å². The van der Waals surface area contributed by atoms with E-state index < -0.39 is 17.5 Å². The summed E-state index contributed by atoms with van der Waals surface area (Å²) in [5.41, 5.74) is 0.663. The molecule has 0 unspecified atom stereocenters. The Morgan fingerprint density at radius 1 is 1.36 bits per heavy atom. The molecule has 1 saturated heterocycles. The third-order valence-electron chi connectivity index (χ3n) is 6.38. The van der Waals surface area contributed by atoms with Gasteiger partial charge < -0.3 is 15.4 Å². The summed E-state index contributed by atoms with van der Waals surface area (Å²) in [6.45, 7) is 3.41. The predicted molar refractivity (Wildman–Crippen MR) is 119 cm³/mol. The zero-order valence-electron chi connectivity index (χ0n) is 18.6. The van der Waals surface area contributed by atoms with E-state index in [9.17, 15) is 19.6 Å². The zero-order valence-corrected chi connectivity index (χ0v) is 18.6. The van der Waals surface area contributed by atoms with E-state index in [0.29, 0.717) is 29.0 Å². The van der Waals surface area contributed by atoms with Crippen molar-refractivity contribution in [1.82, 2.24) is 15.2 Å². The number of rotatable bonds is 5. The number of hydrogen-bond donors (Lipinski definition) is 2. The van der Waals surface area contributed by atoms with Gasteiger partial charge in [-0.05, 0) is 61.6 Å². The number of pyridine rings is 1. The Morgan fingerprint density at radius 3 is 2.91 bits per heavy atom. The standard InChI is InChI=1S/C24H25N5O4/c1-15-12-18(33-21-17(13-25)7-5-11-26-21)8-9-19(15)27-20(30)14-29-22(31)24(28-23(29)32)10-4-3-6-16(24)2/h5,7-9,11-12,16H,3-4,6,10,14H2,1-2H3,(H,27,30)(H,28,32)/t16-,24-/m1/s1. The van der Waals surface area contributed by atoms with Crippen molar-refractivity contribution >= 4 is 23.5 Å². The summed E-state index contributed by atoms with van der Waals surface area (Å²) in [5, 5.41) is 14.8. The van der Waals surface area contributed by atoms with Gasteiger partial charge in [0.25, 0.3) is 5.91 Å². The Bertz CT molecular complexity index is 1160. The number of aryl methyl sites for hydroxylation is 1. The maximum absolute atomic E-state index is 13.0. The summed E-state index contributed by atoms with van der Waals surface area (Å²) in [6, 6.07) is 9.77. The van der Waals surface area contributed by atoms with E-state index in [1.54, 1.807) is 37.3 Å². The lowest BCUT2D eigenvalue weighted by Gasteiger charge is -2.36. The van der Waals surface area contributed by atoms with Crippen LogP contribution in [0.5, 0.6) is 11.6 Å². The number of amides is 4. The number of carbonyl (C=O) groups excluding carboxylic acids is 3. The lowest BCUT2D eigenvalue weighted by Crippen LogP contribution is -2.54. The maximum Gasteiger partial charge on any atom is 0.325 e. The molecule has 2 N–H and O–H groups in total. The lowest BCUT2D eigenvalue weighted by molar-refractivity contribution is -0.136. The molecule has 0 radical (unpaired) electrons. The smallest absolute Gasteiger partial charge is 0.325 e. The van der Waals surface area contributed by atoms with E-state index >= 15 is 0 Å². The molecule has 2 atom stereocenters. The quantitative estimate of drug-likeness (QED) is 0.676. The molecule has 9 heteroatoms. The van der Waals surface area contributed by atoms with Crippen LogP contribution in [-0.4, -0.2) is 39.8 Å². The average Bonchev–Trinajstić information content (AvgIpc) is 3.03. The van der Waals surface area contributed by atoms with Crippen molar-refractivity contribution in [2.45, 2.75) is 45.1 Å². The van der Waals surface area contributed by atoms with Crippen molar-refractivity contribution in [2.24, 2.45) is 5.92 Å². The highest BCUT2D eigenvalue weighted by molar-refractivity contribution is 6.10. The molecule has 9 nitrogen and oxygen atoms in total. The van der Waals surface area contributed by atoms with Crippen LogP contribution in [0.15, 0.2) is 36.5 Å². The maximum atomic E-state index is 13.0. The van der Waals surface area contributed by atoms with Crippen LogP contribution in [-0.2, 0) is 9.59 Å². The summed E-state index contributed by atoms with van der Waals surface area (Å²) in [7, 11) is 0. The predicted octanol–water partition coefficient (Wildman–Crippen LogP) is 3.49. The molecular weight excluding hydrogens is 422 g/mol. The molecule has 1 saturated carbocycles. The van der Waals surface area contributed by atoms with Crippen LogP contribution >= 0.6 is 0 Å². The van der Waals surface area contributed by atoms with E-state index in [-0.39, 0.29) is 24.2 Å². The molecule has 1 spiro atoms. The highest BCUT2D eigenvalue weighted by Gasteiger charge is 2.55. The Balaban J connectivity index is 1.42. The van der Waals surface area contributed by atoms with Crippen molar-refractivity contribution in [3.8, 4) is 17.7 Å². The summed E-state index contributed by atoms with van der Waals surface area (Å²) in [5.74, 6) is -0.0962. The van der Waals surface area contributed by atoms with Crippen LogP contribution in [0.3, 0.4) is 0 Å². The van der Waals surface area contributed by atoms with Crippen molar-refractivity contribution in [1.29, 1.82) is 5.26 Å². The number of nitrogens with one attached hydrogen (secondary N) is 2. The number of nitrogens with zero attached hydrogens (tertiary/aromatic N) is 3. The van der Waals surface area contributed by atoms with Gasteiger partial charge in [-0.3, -0.25) is 14.5 Å². The second-order valence-electron chi connectivity index (χ2n) is 8.53. The number of benzene rings is 1. The Morgan fingerprint density at radius 2 is 2.18 bits per heavy atom. The fourth-order valence-corrected chi connectivity index (χ4v) is 4.48. The number of nitriles is 1. The molecule has 2 heterocycles. The van der Waals surface area contributed by atoms with E-state index in [2.05, 4.69) is 15.6 Å². The lowest BCUT2D eigenvalue weighted by atomic mass is 9.73. The number of ether oxygens (including phenoxy) is 1. The van der Waals surface area contributed by atoms with Gasteiger partial charge in [0.15, 0.2) is 0 Å². The average molecular weight is 447 g/mol. The van der Waals surface area contributed by atoms with Gasteiger partial charge in [0.1, 0.15) is 29.5 Å². The highest BCUT2D eigenvalue weighted by atomic mass is 16.5. The third kappa shape index (κ3) is 4.24. The second-order valence-corrected chi connectivity index (χ2v) is 8.53. The second kappa shape index (κ2) is 8.90. The largest absolute Gasteiger partial charge is 0.438 e. The fraction of sp³-hybridized carbons (Fsp3) is 0.375. The molecule has 4 amide bonds. The van der Waals surface area contributed by atoms with Crippen LogP contribution in [0, 0.1) is 24.2 Å². The van der Waals surface area contributed by atoms with Gasteiger partial charge in [-0.25, -0.2) is 9.78 Å². The molecule has 1 aliphatic carbocycles. The molecule has 0 bridgehead atoms. The molecule has 1 aromatic heterocycles. The van der Waals surface area contributed by atoms with Crippen molar-refractivity contribution in [3.63, 3.8) is 0 Å². The third-order valence-corrected chi connectivity index (χ3v) is 6.38. The summed E-state index contributed by atoms with van der Waals surface area (Å²) >= 11 is 0. The Labute approximate surface area is 191 Å². The fourth-order valence-electron chi connectivity index (χ4n) is 4.48. The first-order valence-electron chi connectivity index (χ1n) is 10.9. The number of imide groups is 1. The molecule has 1 aliphatic heterocycles. The van der Waals surface area contributed by atoms with Crippen LogP contribution in [0.2, 0.25) is 0 Å². The number of aromatic nitrogens is 1. The first kappa shape index (κ1) is 22.3. The normalized spacial score (nSPS) is 22.1. The molecule has 33 heavy (non-hydrogen) atoms. The van der Waals surface area contributed by atoms with E-state index in [1.165, 1.54) is 6.20 Å². The molecular formula is C24H25N5O4. The SMILES string of the molecule is Cc1cc(Oc2ncccc2C#N)ccc1NC(=O)CN1C(=O)N[C@@]2(CCCC[C@H]2C)C1=O. The number of hydrogen-bond acceptors (Lipinski definition) is 6. The zero-order chi connectivity index (χ0) is 23.6. The number of carbonyl (C=O) groups is 3. The van der Waals surface area contributed by atoms with Gasteiger partial charge in [-0.15, -0.1) is 0 Å². The van der Waals surface area contributed by atoms with Crippen molar-refractivity contribution in [2.75, 3.05) is 11.9 Å². The first-order chi connectivity index (χ1) is 15.8. The molecule has 4 rings (SSSR count). The summed E-state index contributed by atoms with van der Waals surface area (Å²) in [6.07, 6.45) is 4.91. The Hall–Kier alpha value is -3.93. The van der Waals surface area contributed by atoms with E-state index in [0.717, 1.165) is 24.2 Å². The Kier molecular flexibility index (Phi) is 6.01. The van der Waals surface area contributed by atoms with Gasteiger partial charge in [0.05, 0.1) is 0 Å². The molecule has 2 aliphatic rings. The monoisotopic (exact) mass is 447 g/mol. The van der Waals surface area contributed by atoms with Crippen molar-refractivity contribution < 1.29 is 19.1 Å². The molecule has 1 aromatic carbocycles. The summed E-state index contributed by atoms with van der Waals surface area (Å²) < 4.78 is 5.70. The number of urea groups is 1. The van der Waals surface area contributed by atoms with Gasteiger partial charge in [0.2, 0.25) is 11.8 Å². The van der Waals surface area contributed by atoms with E-state index in [1.807, 2.05) is 13.0 Å². The molecule has 2 fully saturated rings. The van der Waals surface area contributed by atoms with Crippen LogP contribution in [0.25, 0.3) is 0 Å². The van der Waals surface area contributed by atoms with Gasteiger partial charge in [0, 0.05) is 11.9 Å². The van der Waals surface area contributed by atoms with Gasteiger partial charge in [-0.1, -0.05) is 19.8 Å². The van der Waals surface area contributed by atoms with Crippen molar-refractivity contribution in [3.05, 3.63) is 47.7 Å². The molecule has 2 aromatic rings. The highest BCUT2D eigenvalue weighted by Crippen LogP contribution is 2.38. The summed E-state index contributed by atoms with van der Waals surface area (Å²) in [4.78, 5) is 43.3. The minimum Gasteiger partial charge on any atom is -0.438 e. The number of anilines is 1. The van der Waals surface area contributed by atoms with Gasteiger partial charge >= 0.3 is 6.03 Å².